The van der Waals surface area contributed by atoms with Gasteiger partial charge in [-0.2, -0.15) is 4.98 Å². The minimum atomic E-state index is -0.318. The maximum atomic E-state index is 12.9. The molecule has 1 amide bonds. The van der Waals surface area contributed by atoms with Gasteiger partial charge in [0.1, 0.15) is 11.5 Å². The fourth-order valence-electron chi connectivity index (χ4n) is 2.02. The average molecular weight is 327 g/mol. The van der Waals surface area contributed by atoms with Crippen molar-refractivity contribution >= 4 is 5.91 Å². The van der Waals surface area contributed by atoms with Crippen LogP contribution in [0.25, 0.3) is 11.4 Å². The van der Waals surface area contributed by atoms with Crippen LogP contribution in [-0.2, 0) is 6.42 Å². The van der Waals surface area contributed by atoms with Gasteiger partial charge in [-0.05, 0) is 30.7 Å². The summed E-state index contributed by atoms with van der Waals surface area (Å²) in [4.78, 5) is 23.8. The minimum Gasteiger partial charge on any atom is -0.351 e. The molecule has 0 unspecified atom stereocenters. The van der Waals surface area contributed by atoms with Crippen LogP contribution in [0.3, 0.4) is 0 Å². The number of nitrogens with zero attached hydrogens (tertiary/aromatic N) is 4. The van der Waals surface area contributed by atoms with Gasteiger partial charge >= 0.3 is 0 Å². The van der Waals surface area contributed by atoms with Gasteiger partial charge in [0.15, 0.2) is 0 Å². The van der Waals surface area contributed by atoms with E-state index >= 15 is 0 Å². The van der Waals surface area contributed by atoms with E-state index in [2.05, 4.69) is 25.4 Å². The van der Waals surface area contributed by atoms with Gasteiger partial charge in [0.05, 0.1) is 6.20 Å². The molecule has 0 aliphatic rings. The molecule has 0 saturated heterocycles. The van der Waals surface area contributed by atoms with Crippen molar-refractivity contribution in [1.82, 2.24) is 25.4 Å². The molecule has 3 rings (SSSR count). The molecule has 7 nitrogen and oxygen atoms in total. The number of carbonyl (C=O) groups excluding carboxylic acids is 1. The third-order valence-corrected chi connectivity index (χ3v) is 3.22. The first-order valence-corrected chi connectivity index (χ1v) is 7.35. The molecule has 0 fully saturated rings. The highest BCUT2D eigenvalue weighted by molar-refractivity contribution is 5.91. The topological polar surface area (TPSA) is 93.8 Å². The standard InChI is InChI=1S/C16H14FN5O2/c17-12-5-3-11(4-6-12)15-21-14(24-22-15)2-1-7-20-16(23)13-10-18-8-9-19-13/h3-6,8-10H,1-2,7H2,(H,20,23). The van der Waals surface area contributed by atoms with Crippen molar-refractivity contribution in [3.63, 3.8) is 0 Å². The molecule has 0 atom stereocenters. The second-order valence-electron chi connectivity index (χ2n) is 4.97. The zero-order chi connectivity index (χ0) is 16.8. The van der Waals surface area contributed by atoms with Gasteiger partial charge in [-0.25, -0.2) is 9.37 Å². The molecule has 2 heterocycles. The molecule has 0 spiro atoms. The van der Waals surface area contributed by atoms with Gasteiger partial charge < -0.3 is 9.84 Å². The first-order valence-electron chi connectivity index (χ1n) is 7.35. The lowest BCUT2D eigenvalue weighted by atomic mass is 10.2. The Labute approximate surface area is 137 Å². The van der Waals surface area contributed by atoms with Crippen LogP contribution in [-0.4, -0.2) is 32.6 Å². The summed E-state index contributed by atoms with van der Waals surface area (Å²) in [6.45, 7) is 0.448. The summed E-state index contributed by atoms with van der Waals surface area (Å²) in [5, 5.41) is 6.60. The van der Waals surface area contributed by atoms with Crippen LogP contribution in [0.4, 0.5) is 4.39 Å². The Balaban J connectivity index is 1.47. The highest BCUT2D eigenvalue weighted by Gasteiger charge is 2.09. The Morgan fingerprint density at radius 3 is 2.79 bits per heavy atom. The van der Waals surface area contributed by atoms with Crippen LogP contribution < -0.4 is 5.32 Å². The summed E-state index contributed by atoms with van der Waals surface area (Å²) < 4.78 is 18.0. The fraction of sp³-hybridized carbons (Fsp3) is 0.188. The number of halogens is 1. The van der Waals surface area contributed by atoms with E-state index in [9.17, 15) is 9.18 Å². The lowest BCUT2D eigenvalue weighted by Gasteiger charge is -2.02. The number of amides is 1. The van der Waals surface area contributed by atoms with E-state index in [-0.39, 0.29) is 17.4 Å². The van der Waals surface area contributed by atoms with Crippen molar-refractivity contribution in [1.29, 1.82) is 0 Å². The van der Waals surface area contributed by atoms with Gasteiger partial charge in [0.25, 0.3) is 5.91 Å². The lowest BCUT2D eigenvalue weighted by Crippen LogP contribution is -2.25. The number of rotatable bonds is 6. The van der Waals surface area contributed by atoms with E-state index < -0.39 is 0 Å². The molecular weight excluding hydrogens is 313 g/mol. The van der Waals surface area contributed by atoms with Crippen LogP contribution >= 0.6 is 0 Å². The minimum absolute atomic E-state index is 0.272. The van der Waals surface area contributed by atoms with Crippen molar-refractivity contribution in [3.05, 3.63) is 60.3 Å². The van der Waals surface area contributed by atoms with Crippen LogP contribution in [0.1, 0.15) is 22.8 Å². The van der Waals surface area contributed by atoms with E-state index in [1.54, 1.807) is 12.1 Å². The van der Waals surface area contributed by atoms with E-state index in [1.165, 1.54) is 30.7 Å². The molecule has 0 aliphatic heterocycles. The van der Waals surface area contributed by atoms with Gasteiger partial charge in [-0.1, -0.05) is 5.16 Å². The molecule has 0 radical (unpaired) electrons. The normalized spacial score (nSPS) is 10.5. The smallest absolute Gasteiger partial charge is 0.271 e. The van der Waals surface area contributed by atoms with Crippen molar-refractivity contribution in [3.8, 4) is 11.4 Å². The fourth-order valence-corrected chi connectivity index (χ4v) is 2.02. The highest BCUT2D eigenvalue weighted by Crippen LogP contribution is 2.16. The van der Waals surface area contributed by atoms with E-state index in [0.717, 1.165) is 0 Å². The number of aromatic nitrogens is 4. The Hall–Kier alpha value is -3.16. The first-order chi connectivity index (χ1) is 11.7. The first kappa shape index (κ1) is 15.7. The summed E-state index contributed by atoms with van der Waals surface area (Å²) >= 11 is 0. The van der Waals surface area contributed by atoms with Crippen molar-refractivity contribution in [2.24, 2.45) is 0 Å². The number of benzene rings is 1. The molecule has 8 heteroatoms. The number of hydrogen-bond acceptors (Lipinski definition) is 6. The maximum Gasteiger partial charge on any atom is 0.271 e. The zero-order valence-electron chi connectivity index (χ0n) is 12.6. The monoisotopic (exact) mass is 327 g/mol. The second-order valence-corrected chi connectivity index (χ2v) is 4.97. The SMILES string of the molecule is O=C(NCCCc1nc(-c2ccc(F)cc2)no1)c1cnccn1. The Morgan fingerprint density at radius 1 is 1.21 bits per heavy atom. The van der Waals surface area contributed by atoms with E-state index in [0.29, 0.717) is 36.7 Å². The van der Waals surface area contributed by atoms with Gasteiger partial charge in [0, 0.05) is 30.9 Å². The molecule has 3 aromatic rings. The van der Waals surface area contributed by atoms with Crippen LogP contribution in [0.5, 0.6) is 0 Å². The third kappa shape index (κ3) is 3.97. The molecule has 1 N–H and O–H groups in total. The molecule has 0 saturated carbocycles. The van der Waals surface area contributed by atoms with Crippen LogP contribution in [0, 0.1) is 5.82 Å². The summed E-state index contributed by atoms with van der Waals surface area (Å²) in [7, 11) is 0. The summed E-state index contributed by atoms with van der Waals surface area (Å²) in [5.74, 6) is 0.276. The maximum absolute atomic E-state index is 12.9. The summed E-state index contributed by atoms with van der Waals surface area (Å²) in [6.07, 6.45) is 5.53. The predicted octanol–water partition coefficient (Wildman–Crippen LogP) is 2.03. The molecular formula is C16H14FN5O2. The highest BCUT2D eigenvalue weighted by atomic mass is 19.1. The van der Waals surface area contributed by atoms with E-state index in [1.807, 2.05) is 0 Å². The van der Waals surface area contributed by atoms with E-state index in [4.69, 9.17) is 4.52 Å². The summed E-state index contributed by atoms with van der Waals surface area (Å²) in [5.41, 5.74) is 0.955. The van der Waals surface area contributed by atoms with Gasteiger partial charge in [-0.15, -0.1) is 0 Å². The van der Waals surface area contributed by atoms with Crippen LogP contribution in [0.2, 0.25) is 0 Å². The molecule has 122 valence electrons. The lowest BCUT2D eigenvalue weighted by molar-refractivity contribution is 0.0947. The van der Waals surface area contributed by atoms with Gasteiger partial charge in [0.2, 0.25) is 11.7 Å². The average Bonchev–Trinajstić information content (AvgIpc) is 3.09. The zero-order valence-corrected chi connectivity index (χ0v) is 12.6. The Morgan fingerprint density at radius 2 is 2.04 bits per heavy atom. The van der Waals surface area contributed by atoms with Crippen molar-refractivity contribution in [2.45, 2.75) is 12.8 Å². The predicted molar refractivity (Wildman–Crippen MR) is 82.4 cm³/mol. The number of carbonyl (C=O) groups is 1. The van der Waals surface area contributed by atoms with Crippen molar-refractivity contribution < 1.29 is 13.7 Å². The molecule has 24 heavy (non-hydrogen) atoms. The Kier molecular flexibility index (Phi) is 4.85. The molecule has 2 aromatic heterocycles. The second kappa shape index (κ2) is 7.40. The number of aryl methyl sites for hydroxylation is 1. The largest absolute Gasteiger partial charge is 0.351 e. The third-order valence-electron chi connectivity index (χ3n) is 3.22. The molecule has 1 aromatic carbocycles. The Bertz CT molecular complexity index is 805. The quantitative estimate of drug-likeness (QED) is 0.696. The van der Waals surface area contributed by atoms with Crippen molar-refractivity contribution in [2.75, 3.05) is 6.54 Å². The van der Waals surface area contributed by atoms with Gasteiger partial charge in [-0.3, -0.25) is 9.78 Å². The number of nitrogens with one attached hydrogen (secondary N) is 1. The van der Waals surface area contributed by atoms with Crippen LogP contribution in [0.15, 0.2) is 47.4 Å². The molecule has 0 bridgehead atoms. The summed E-state index contributed by atoms with van der Waals surface area (Å²) in [6, 6.07) is 5.86. The molecule has 0 aliphatic carbocycles. The number of hydrogen-bond donors (Lipinski definition) is 1.